The fourth-order valence-electron chi connectivity index (χ4n) is 1.69. The maximum absolute atomic E-state index is 11.8. The molecule has 1 amide bonds. The Hall–Kier alpha value is -2.18. The van der Waals surface area contributed by atoms with Gasteiger partial charge in [-0.1, -0.05) is 23.7 Å². The first kappa shape index (κ1) is 14.2. The van der Waals surface area contributed by atoms with Gasteiger partial charge in [0.1, 0.15) is 5.82 Å². The van der Waals surface area contributed by atoms with E-state index in [2.05, 4.69) is 9.97 Å². The Bertz CT molecular complexity index is 667. The summed E-state index contributed by atoms with van der Waals surface area (Å²) in [5, 5.41) is 0.651. The van der Waals surface area contributed by atoms with Crippen LogP contribution in [0.2, 0.25) is 5.02 Å². The van der Waals surface area contributed by atoms with E-state index in [0.717, 1.165) is 5.56 Å². The summed E-state index contributed by atoms with van der Waals surface area (Å²) < 4.78 is 0. The average molecular weight is 293 g/mol. The summed E-state index contributed by atoms with van der Waals surface area (Å²) in [6, 6.07) is 7.26. The van der Waals surface area contributed by atoms with Crippen LogP contribution in [0.4, 0.5) is 0 Å². The summed E-state index contributed by atoms with van der Waals surface area (Å²) in [7, 11) is 0. The van der Waals surface area contributed by atoms with E-state index in [1.165, 1.54) is 6.20 Å². The van der Waals surface area contributed by atoms with Crippen molar-refractivity contribution in [2.45, 2.75) is 12.8 Å². The van der Waals surface area contributed by atoms with Gasteiger partial charge in [-0.15, -0.1) is 0 Å². The maximum Gasteiger partial charge on any atom is 0.254 e. The third-order valence-corrected chi connectivity index (χ3v) is 2.97. The van der Waals surface area contributed by atoms with Gasteiger partial charge in [-0.05, 0) is 17.7 Å². The number of carbonyl (C=O) groups excluding carboxylic acids is 1. The first-order valence-corrected chi connectivity index (χ1v) is 6.27. The number of rotatable bonds is 4. The van der Waals surface area contributed by atoms with Gasteiger partial charge in [0, 0.05) is 23.2 Å². The number of aromatic nitrogens is 2. The van der Waals surface area contributed by atoms with E-state index < -0.39 is 5.91 Å². The van der Waals surface area contributed by atoms with E-state index in [1.807, 2.05) is 17.6 Å². The summed E-state index contributed by atoms with van der Waals surface area (Å²) in [6.45, 7) is 0. The minimum atomic E-state index is -0.442. The van der Waals surface area contributed by atoms with Crippen LogP contribution >= 0.6 is 11.6 Å². The second-order valence-corrected chi connectivity index (χ2v) is 4.67. The Labute approximate surface area is 120 Å². The van der Waals surface area contributed by atoms with E-state index >= 15 is 0 Å². The number of nitrogens with one attached hydrogen (secondary N) is 2. The van der Waals surface area contributed by atoms with Gasteiger partial charge >= 0.3 is 0 Å². The number of halogens is 1. The number of H-pyrrole nitrogens is 1. The Kier molecular flexibility index (Phi) is 4.49. The zero-order valence-corrected chi connectivity index (χ0v) is 11.3. The molecule has 0 unspecified atom stereocenters. The highest BCUT2D eigenvalue weighted by atomic mass is 35.5. The van der Waals surface area contributed by atoms with Crippen molar-refractivity contribution in [1.82, 2.24) is 15.4 Å². The topological polar surface area (TPSA) is 101 Å². The highest BCUT2D eigenvalue weighted by Gasteiger charge is 2.07. The molecule has 0 spiro atoms. The molecular formula is C13H13ClN4O2. The summed E-state index contributed by atoms with van der Waals surface area (Å²) >= 11 is 5.80. The summed E-state index contributed by atoms with van der Waals surface area (Å²) in [5.74, 6) is 5.05. The number of hydrazine groups is 1. The van der Waals surface area contributed by atoms with Gasteiger partial charge in [0.2, 0.25) is 5.91 Å². The quantitative estimate of drug-likeness (QED) is 0.435. The summed E-state index contributed by atoms with van der Waals surface area (Å²) in [6.07, 6.45) is 1.77. The number of amides is 1. The number of aromatic amines is 1. The number of benzene rings is 1. The van der Waals surface area contributed by atoms with E-state index in [-0.39, 0.29) is 17.5 Å². The number of carbonyl (C=O) groups is 1. The van der Waals surface area contributed by atoms with Crippen LogP contribution in [0.25, 0.3) is 0 Å². The van der Waals surface area contributed by atoms with Gasteiger partial charge in [-0.3, -0.25) is 15.0 Å². The van der Waals surface area contributed by atoms with Crippen molar-refractivity contribution in [3.05, 3.63) is 62.8 Å². The van der Waals surface area contributed by atoms with Crippen molar-refractivity contribution in [3.8, 4) is 0 Å². The van der Waals surface area contributed by atoms with Crippen LogP contribution in [0.1, 0.15) is 17.0 Å². The molecule has 0 saturated carbocycles. The van der Waals surface area contributed by atoms with E-state index in [9.17, 15) is 9.59 Å². The monoisotopic (exact) mass is 292 g/mol. The van der Waals surface area contributed by atoms with E-state index in [0.29, 0.717) is 17.3 Å². The third-order valence-electron chi connectivity index (χ3n) is 2.72. The molecular weight excluding hydrogens is 280 g/mol. The van der Waals surface area contributed by atoms with Crippen LogP contribution in [0.5, 0.6) is 0 Å². The van der Waals surface area contributed by atoms with Crippen LogP contribution in [0.15, 0.2) is 35.3 Å². The predicted molar refractivity (Wildman–Crippen MR) is 75.1 cm³/mol. The largest absolute Gasteiger partial charge is 0.310 e. The lowest BCUT2D eigenvalue weighted by molar-refractivity contribution is -0.120. The van der Waals surface area contributed by atoms with Gasteiger partial charge in [-0.2, -0.15) is 0 Å². The van der Waals surface area contributed by atoms with Gasteiger partial charge in [-0.25, -0.2) is 10.8 Å². The molecule has 0 atom stereocenters. The summed E-state index contributed by atoms with van der Waals surface area (Å²) in [4.78, 5) is 29.7. The van der Waals surface area contributed by atoms with Gasteiger partial charge in [0.15, 0.2) is 0 Å². The van der Waals surface area contributed by atoms with E-state index in [4.69, 9.17) is 17.4 Å². The Balaban J connectivity index is 2.14. The van der Waals surface area contributed by atoms with Gasteiger partial charge in [0.05, 0.1) is 6.42 Å². The molecule has 0 bridgehead atoms. The molecule has 4 N–H and O–H groups in total. The normalized spacial score (nSPS) is 10.3. The fourth-order valence-corrected chi connectivity index (χ4v) is 1.82. The first-order chi connectivity index (χ1) is 9.58. The lowest BCUT2D eigenvalue weighted by Gasteiger charge is -2.03. The molecule has 1 aromatic heterocycles. The molecule has 0 aliphatic rings. The first-order valence-electron chi connectivity index (χ1n) is 5.89. The molecule has 1 aromatic carbocycles. The lowest BCUT2D eigenvalue weighted by atomic mass is 10.1. The average Bonchev–Trinajstić information content (AvgIpc) is 2.44. The molecule has 20 heavy (non-hydrogen) atoms. The van der Waals surface area contributed by atoms with Crippen molar-refractivity contribution < 1.29 is 4.79 Å². The van der Waals surface area contributed by atoms with Crippen LogP contribution in [-0.4, -0.2) is 15.9 Å². The van der Waals surface area contributed by atoms with Crippen molar-refractivity contribution in [2.24, 2.45) is 5.84 Å². The van der Waals surface area contributed by atoms with Crippen molar-refractivity contribution in [2.75, 3.05) is 0 Å². The summed E-state index contributed by atoms with van der Waals surface area (Å²) in [5.41, 5.74) is 2.88. The van der Waals surface area contributed by atoms with Crippen molar-refractivity contribution in [3.63, 3.8) is 0 Å². The van der Waals surface area contributed by atoms with Gasteiger partial charge in [0.25, 0.3) is 5.56 Å². The molecule has 2 aromatic rings. The Morgan fingerprint density at radius 3 is 2.65 bits per heavy atom. The SMILES string of the molecule is NNC(=O)Cc1cnc(Cc2ccc(Cl)cc2)[nH]c1=O. The number of nitrogens with two attached hydrogens (primary N) is 1. The lowest BCUT2D eigenvalue weighted by Crippen LogP contribution is -2.33. The highest BCUT2D eigenvalue weighted by Crippen LogP contribution is 2.11. The zero-order valence-electron chi connectivity index (χ0n) is 10.5. The molecule has 6 nitrogen and oxygen atoms in total. The maximum atomic E-state index is 11.8. The second-order valence-electron chi connectivity index (χ2n) is 4.23. The number of nitrogens with zero attached hydrogens (tertiary/aromatic N) is 1. The molecule has 0 aliphatic heterocycles. The standard InChI is InChI=1S/C13H13ClN4O2/c14-10-3-1-8(2-4-10)5-11-16-7-9(13(20)17-11)6-12(19)18-15/h1-4,7H,5-6,15H2,(H,18,19)(H,16,17,20). The molecule has 0 fully saturated rings. The number of hydrogen-bond donors (Lipinski definition) is 3. The van der Waals surface area contributed by atoms with Crippen molar-refractivity contribution in [1.29, 1.82) is 0 Å². The minimum absolute atomic E-state index is 0.0972. The van der Waals surface area contributed by atoms with Crippen molar-refractivity contribution >= 4 is 17.5 Å². The molecule has 1 heterocycles. The van der Waals surface area contributed by atoms with Crippen LogP contribution < -0.4 is 16.8 Å². The molecule has 0 aliphatic carbocycles. The molecule has 0 radical (unpaired) electrons. The molecule has 0 saturated heterocycles. The van der Waals surface area contributed by atoms with Crippen LogP contribution in [0.3, 0.4) is 0 Å². The Morgan fingerprint density at radius 1 is 1.35 bits per heavy atom. The minimum Gasteiger partial charge on any atom is -0.310 e. The Morgan fingerprint density at radius 2 is 2.05 bits per heavy atom. The second kappa shape index (κ2) is 6.31. The molecule has 7 heteroatoms. The number of hydrogen-bond acceptors (Lipinski definition) is 4. The third kappa shape index (κ3) is 3.66. The smallest absolute Gasteiger partial charge is 0.254 e. The predicted octanol–water partition coefficient (Wildman–Crippen LogP) is 0.546. The van der Waals surface area contributed by atoms with E-state index in [1.54, 1.807) is 12.1 Å². The molecule has 104 valence electrons. The van der Waals surface area contributed by atoms with Crippen LogP contribution in [0, 0.1) is 0 Å². The molecule has 2 rings (SSSR count). The zero-order chi connectivity index (χ0) is 14.5. The van der Waals surface area contributed by atoms with Crippen LogP contribution in [-0.2, 0) is 17.6 Å². The van der Waals surface area contributed by atoms with Gasteiger partial charge < -0.3 is 4.98 Å². The highest BCUT2D eigenvalue weighted by molar-refractivity contribution is 6.30. The fraction of sp³-hybridized carbons (Fsp3) is 0.154.